The van der Waals surface area contributed by atoms with Gasteiger partial charge in [0, 0.05) is 28.6 Å². The Morgan fingerprint density at radius 3 is 2.30 bits per heavy atom. The van der Waals surface area contributed by atoms with Crippen LogP contribution in [0.25, 0.3) is 0 Å². The van der Waals surface area contributed by atoms with Gasteiger partial charge in [-0.25, -0.2) is 0 Å². The molecule has 0 saturated heterocycles. The maximum absolute atomic E-state index is 12.2. The standard InChI is InChI=1S/C17H20N2O2S2/c1-11-10-12(11)17(21)18-7-6-15(20)19-16(13-4-2-8-22-13)14-5-3-9-23-14/h2-5,8-9,11-12,16H,6-7,10H2,1H3,(H,18,21)(H,19,20)/t11-,12+/m1/s1. The van der Waals surface area contributed by atoms with Crippen molar-refractivity contribution >= 4 is 34.5 Å². The molecule has 0 spiro atoms. The predicted octanol–water partition coefficient (Wildman–Crippen LogP) is 3.18. The van der Waals surface area contributed by atoms with Crippen LogP contribution in [0.15, 0.2) is 35.0 Å². The van der Waals surface area contributed by atoms with Crippen molar-refractivity contribution in [3.63, 3.8) is 0 Å². The first-order chi connectivity index (χ1) is 11.1. The maximum Gasteiger partial charge on any atom is 0.223 e. The Hall–Kier alpha value is -1.66. The first kappa shape index (κ1) is 16.2. The summed E-state index contributed by atoms with van der Waals surface area (Å²) in [4.78, 5) is 26.2. The van der Waals surface area contributed by atoms with Crippen LogP contribution in [0.3, 0.4) is 0 Å². The van der Waals surface area contributed by atoms with E-state index in [2.05, 4.69) is 17.6 Å². The molecular weight excluding hydrogens is 328 g/mol. The van der Waals surface area contributed by atoms with Crippen LogP contribution in [0, 0.1) is 11.8 Å². The fourth-order valence-electron chi connectivity index (χ4n) is 2.54. The summed E-state index contributed by atoms with van der Waals surface area (Å²) in [5.41, 5.74) is 0. The van der Waals surface area contributed by atoms with Gasteiger partial charge in [0.2, 0.25) is 11.8 Å². The van der Waals surface area contributed by atoms with Crippen molar-refractivity contribution in [2.24, 2.45) is 11.8 Å². The third-order valence-corrected chi connectivity index (χ3v) is 5.93. The molecule has 2 amide bonds. The molecule has 2 heterocycles. The minimum Gasteiger partial charge on any atom is -0.355 e. The van der Waals surface area contributed by atoms with Crippen LogP contribution in [0.2, 0.25) is 0 Å². The summed E-state index contributed by atoms with van der Waals surface area (Å²) in [7, 11) is 0. The molecular formula is C17H20N2O2S2. The van der Waals surface area contributed by atoms with E-state index in [1.165, 1.54) is 0 Å². The van der Waals surface area contributed by atoms with E-state index < -0.39 is 0 Å². The van der Waals surface area contributed by atoms with Crippen LogP contribution in [0.1, 0.15) is 35.6 Å². The first-order valence-corrected chi connectivity index (χ1v) is 9.55. The van der Waals surface area contributed by atoms with Gasteiger partial charge < -0.3 is 10.6 Å². The lowest BCUT2D eigenvalue weighted by atomic mass is 10.2. The lowest BCUT2D eigenvalue weighted by molar-refractivity contribution is -0.123. The lowest BCUT2D eigenvalue weighted by Gasteiger charge is -2.16. The van der Waals surface area contributed by atoms with Gasteiger partial charge in [0.25, 0.3) is 0 Å². The van der Waals surface area contributed by atoms with Crippen molar-refractivity contribution in [1.29, 1.82) is 0 Å². The highest BCUT2D eigenvalue weighted by Crippen LogP contribution is 2.37. The van der Waals surface area contributed by atoms with Crippen molar-refractivity contribution in [1.82, 2.24) is 10.6 Å². The van der Waals surface area contributed by atoms with Gasteiger partial charge in [-0.3, -0.25) is 9.59 Å². The molecule has 2 aromatic heterocycles. The van der Waals surface area contributed by atoms with Crippen LogP contribution in [-0.2, 0) is 9.59 Å². The fourth-order valence-corrected chi connectivity index (χ4v) is 4.21. The molecule has 0 bridgehead atoms. The molecule has 2 atom stereocenters. The van der Waals surface area contributed by atoms with Crippen LogP contribution in [-0.4, -0.2) is 18.4 Å². The second-order valence-electron chi connectivity index (χ2n) is 5.89. The number of amides is 2. The summed E-state index contributed by atoms with van der Waals surface area (Å²) in [5.74, 6) is 0.688. The van der Waals surface area contributed by atoms with E-state index in [1.54, 1.807) is 22.7 Å². The van der Waals surface area contributed by atoms with Gasteiger partial charge in [-0.2, -0.15) is 0 Å². The largest absolute Gasteiger partial charge is 0.355 e. The van der Waals surface area contributed by atoms with Crippen LogP contribution < -0.4 is 10.6 Å². The summed E-state index contributed by atoms with van der Waals surface area (Å²) in [6, 6.07) is 7.95. The summed E-state index contributed by atoms with van der Waals surface area (Å²) in [6.07, 6.45) is 1.27. The Labute approximate surface area is 143 Å². The molecule has 3 rings (SSSR count). The Balaban J connectivity index is 1.51. The second-order valence-corrected chi connectivity index (χ2v) is 7.85. The summed E-state index contributed by atoms with van der Waals surface area (Å²) in [5, 5.41) is 9.96. The van der Waals surface area contributed by atoms with E-state index in [9.17, 15) is 9.59 Å². The van der Waals surface area contributed by atoms with Gasteiger partial charge in [-0.15, -0.1) is 22.7 Å². The number of carbonyl (C=O) groups is 2. The highest BCUT2D eigenvalue weighted by Gasteiger charge is 2.38. The molecule has 2 aromatic rings. The molecule has 0 aliphatic heterocycles. The highest BCUT2D eigenvalue weighted by atomic mass is 32.1. The number of thiophene rings is 2. The topological polar surface area (TPSA) is 58.2 Å². The predicted molar refractivity (Wildman–Crippen MR) is 93.5 cm³/mol. The zero-order chi connectivity index (χ0) is 16.2. The van der Waals surface area contributed by atoms with Gasteiger partial charge in [0.1, 0.15) is 0 Å². The van der Waals surface area contributed by atoms with Gasteiger partial charge in [0.05, 0.1) is 6.04 Å². The molecule has 1 saturated carbocycles. The number of rotatable bonds is 7. The van der Waals surface area contributed by atoms with Crippen molar-refractivity contribution in [2.75, 3.05) is 6.54 Å². The highest BCUT2D eigenvalue weighted by molar-refractivity contribution is 7.11. The number of carbonyl (C=O) groups excluding carboxylic acids is 2. The Morgan fingerprint density at radius 2 is 1.83 bits per heavy atom. The van der Waals surface area contributed by atoms with E-state index in [0.29, 0.717) is 18.9 Å². The molecule has 1 aliphatic rings. The Bertz CT molecular complexity index is 618. The molecule has 0 aromatic carbocycles. The van der Waals surface area contributed by atoms with Gasteiger partial charge in [-0.1, -0.05) is 19.1 Å². The molecule has 6 heteroatoms. The van der Waals surface area contributed by atoms with Crippen molar-refractivity contribution < 1.29 is 9.59 Å². The quantitative estimate of drug-likeness (QED) is 0.807. The SMILES string of the molecule is C[C@@H]1C[C@@H]1C(=O)NCCC(=O)NC(c1cccs1)c1cccs1. The van der Waals surface area contributed by atoms with Crippen LogP contribution in [0.5, 0.6) is 0 Å². The van der Waals surface area contributed by atoms with E-state index in [4.69, 9.17) is 0 Å². The third-order valence-electron chi connectivity index (χ3n) is 4.06. The third kappa shape index (κ3) is 4.20. The molecule has 4 nitrogen and oxygen atoms in total. The van der Waals surface area contributed by atoms with E-state index in [-0.39, 0.29) is 23.8 Å². The van der Waals surface area contributed by atoms with E-state index >= 15 is 0 Å². The van der Waals surface area contributed by atoms with Crippen LogP contribution >= 0.6 is 22.7 Å². The smallest absolute Gasteiger partial charge is 0.223 e. The molecule has 1 aliphatic carbocycles. The zero-order valence-electron chi connectivity index (χ0n) is 13.0. The minimum absolute atomic E-state index is 0.0408. The second kappa shape index (κ2) is 7.27. The Kier molecular flexibility index (Phi) is 5.13. The van der Waals surface area contributed by atoms with Crippen LogP contribution in [0.4, 0.5) is 0 Å². The fraction of sp³-hybridized carbons (Fsp3) is 0.412. The maximum atomic E-state index is 12.2. The zero-order valence-corrected chi connectivity index (χ0v) is 14.6. The molecule has 0 unspecified atom stereocenters. The molecule has 2 N–H and O–H groups in total. The minimum atomic E-state index is -0.0957. The number of hydrogen-bond acceptors (Lipinski definition) is 4. The summed E-state index contributed by atoms with van der Waals surface area (Å²) < 4.78 is 0. The van der Waals surface area contributed by atoms with Crippen molar-refractivity contribution in [3.05, 3.63) is 44.8 Å². The Morgan fingerprint density at radius 1 is 1.22 bits per heavy atom. The molecule has 122 valence electrons. The average molecular weight is 348 g/mol. The average Bonchev–Trinajstić information content (AvgIpc) is 3.01. The summed E-state index contributed by atoms with van der Waals surface area (Å²) in [6.45, 7) is 2.47. The van der Waals surface area contributed by atoms with Crippen molar-refractivity contribution in [3.8, 4) is 0 Å². The summed E-state index contributed by atoms with van der Waals surface area (Å²) >= 11 is 3.27. The molecule has 1 fully saturated rings. The first-order valence-electron chi connectivity index (χ1n) is 7.79. The van der Waals surface area contributed by atoms with E-state index in [1.807, 2.05) is 35.0 Å². The van der Waals surface area contributed by atoms with Gasteiger partial charge in [-0.05, 0) is 35.2 Å². The lowest BCUT2D eigenvalue weighted by Crippen LogP contribution is -2.33. The van der Waals surface area contributed by atoms with Gasteiger partial charge >= 0.3 is 0 Å². The van der Waals surface area contributed by atoms with Gasteiger partial charge in [0.15, 0.2) is 0 Å². The van der Waals surface area contributed by atoms with E-state index in [0.717, 1.165) is 16.2 Å². The number of hydrogen-bond donors (Lipinski definition) is 2. The number of nitrogens with one attached hydrogen (secondary N) is 2. The molecule has 0 radical (unpaired) electrons. The normalized spacial score (nSPS) is 19.6. The van der Waals surface area contributed by atoms with Crippen molar-refractivity contribution in [2.45, 2.75) is 25.8 Å². The monoisotopic (exact) mass is 348 g/mol. The molecule has 23 heavy (non-hydrogen) atoms.